The lowest BCUT2D eigenvalue weighted by atomic mass is 10.2. The molecule has 1 saturated heterocycles. The summed E-state index contributed by atoms with van der Waals surface area (Å²) in [7, 11) is 0. The van der Waals surface area contributed by atoms with Crippen molar-refractivity contribution in [3.63, 3.8) is 0 Å². The lowest BCUT2D eigenvalue weighted by Crippen LogP contribution is -2.51. The molecule has 0 unspecified atom stereocenters. The molecule has 7 heteroatoms. The highest BCUT2D eigenvalue weighted by molar-refractivity contribution is 5.68. The van der Waals surface area contributed by atoms with E-state index in [1.54, 1.807) is 17.3 Å². The largest absolute Gasteiger partial charge is 0.444 e. The highest BCUT2D eigenvalue weighted by Crippen LogP contribution is 2.12. The average molecular weight is 335 g/mol. The normalized spacial score (nSPS) is 16.2. The van der Waals surface area contributed by atoms with Gasteiger partial charge in [-0.2, -0.15) is 0 Å². The summed E-state index contributed by atoms with van der Waals surface area (Å²) in [6, 6.07) is 1.93. The lowest BCUT2D eigenvalue weighted by molar-refractivity contribution is 0.0146. The van der Waals surface area contributed by atoms with Gasteiger partial charge in [-0.3, -0.25) is 9.88 Å². The Morgan fingerprint density at radius 3 is 2.67 bits per heavy atom. The summed E-state index contributed by atoms with van der Waals surface area (Å²) >= 11 is 0. The van der Waals surface area contributed by atoms with Gasteiger partial charge in [-0.05, 0) is 32.4 Å². The summed E-state index contributed by atoms with van der Waals surface area (Å²) < 4.78 is 5.41. The number of nitrogens with zero attached hydrogens (tertiary/aromatic N) is 3. The molecule has 0 aliphatic carbocycles. The molecule has 0 aromatic carbocycles. The quantitative estimate of drug-likeness (QED) is 0.789. The van der Waals surface area contributed by atoms with Crippen LogP contribution in [0.1, 0.15) is 26.3 Å². The topological polar surface area (TPSA) is 83.7 Å². The van der Waals surface area contributed by atoms with Crippen LogP contribution in [0.4, 0.5) is 10.5 Å². The van der Waals surface area contributed by atoms with Gasteiger partial charge in [0.1, 0.15) is 5.60 Å². The summed E-state index contributed by atoms with van der Waals surface area (Å²) in [5, 5.41) is 3.40. The molecule has 0 bridgehead atoms. The number of nitrogen functional groups attached to an aromatic ring is 1. The molecule has 3 N–H and O–H groups in total. The van der Waals surface area contributed by atoms with Crippen molar-refractivity contribution in [3.8, 4) is 0 Å². The summed E-state index contributed by atoms with van der Waals surface area (Å²) in [4.78, 5) is 20.1. The number of carbonyl (C=O) groups excluding carboxylic acids is 1. The number of amides is 1. The molecule has 24 heavy (non-hydrogen) atoms. The first kappa shape index (κ1) is 18.5. The Morgan fingerprint density at radius 1 is 1.33 bits per heavy atom. The molecule has 2 heterocycles. The predicted molar refractivity (Wildman–Crippen MR) is 94.6 cm³/mol. The van der Waals surface area contributed by atoms with Gasteiger partial charge < -0.3 is 20.7 Å². The number of nitrogens with two attached hydrogens (primary N) is 1. The number of ether oxygens (including phenoxy) is 1. The van der Waals surface area contributed by atoms with Crippen LogP contribution in [0.15, 0.2) is 18.5 Å². The third kappa shape index (κ3) is 5.98. The summed E-state index contributed by atoms with van der Waals surface area (Å²) in [5.41, 5.74) is 7.22. The molecule has 1 fully saturated rings. The van der Waals surface area contributed by atoms with E-state index < -0.39 is 5.60 Å². The number of rotatable bonds is 5. The Balaban J connectivity index is 1.63. The Bertz CT molecular complexity index is 536. The number of hydrogen-bond acceptors (Lipinski definition) is 6. The Morgan fingerprint density at radius 2 is 2.04 bits per heavy atom. The number of nitrogens with one attached hydrogen (secondary N) is 1. The molecular weight excluding hydrogens is 306 g/mol. The van der Waals surface area contributed by atoms with Crippen LogP contribution in [-0.2, 0) is 11.3 Å². The van der Waals surface area contributed by atoms with Gasteiger partial charge in [-0.15, -0.1) is 0 Å². The van der Waals surface area contributed by atoms with Crippen molar-refractivity contribution in [1.29, 1.82) is 0 Å². The summed E-state index contributed by atoms with van der Waals surface area (Å²) in [6.07, 6.45) is 3.21. The van der Waals surface area contributed by atoms with Crippen molar-refractivity contribution in [2.24, 2.45) is 0 Å². The second-order valence-electron chi connectivity index (χ2n) is 7.06. The van der Waals surface area contributed by atoms with Crippen LogP contribution in [0.25, 0.3) is 0 Å². The van der Waals surface area contributed by atoms with Gasteiger partial charge in [0.15, 0.2) is 0 Å². The minimum absolute atomic E-state index is 0.214. The molecule has 1 amide bonds. The van der Waals surface area contributed by atoms with E-state index in [4.69, 9.17) is 10.5 Å². The van der Waals surface area contributed by atoms with E-state index >= 15 is 0 Å². The van der Waals surface area contributed by atoms with Crippen molar-refractivity contribution in [2.75, 3.05) is 45.0 Å². The molecule has 1 aliphatic rings. The average Bonchev–Trinajstić information content (AvgIpc) is 2.52. The number of hydrogen-bond donors (Lipinski definition) is 2. The molecule has 0 radical (unpaired) electrons. The molecule has 1 aromatic heterocycles. The maximum Gasteiger partial charge on any atom is 0.410 e. The molecule has 2 rings (SSSR count). The van der Waals surface area contributed by atoms with Gasteiger partial charge in [0.2, 0.25) is 0 Å². The van der Waals surface area contributed by atoms with Gasteiger partial charge in [0.25, 0.3) is 0 Å². The standard InChI is InChI=1S/C17H29N5O2/c1-17(2,3)24-16(23)22-10-8-21(9-11-22)7-6-20-12-14-4-5-19-13-15(14)18/h4-5,13,20H,6-12,18H2,1-3H3. The van der Waals surface area contributed by atoms with Crippen molar-refractivity contribution in [1.82, 2.24) is 20.1 Å². The van der Waals surface area contributed by atoms with Crippen LogP contribution in [0.3, 0.4) is 0 Å². The second-order valence-corrected chi connectivity index (χ2v) is 7.06. The van der Waals surface area contributed by atoms with Crippen LogP contribution in [0, 0.1) is 0 Å². The first-order valence-electron chi connectivity index (χ1n) is 8.44. The zero-order valence-electron chi connectivity index (χ0n) is 14.9. The minimum Gasteiger partial charge on any atom is -0.444 e. The fraction of sp³-hybridized carbons (Fsp3) is 0.647. The summed E-state index contributed by atoms with van der Waals surface area (Å²) in [5.74, 6) is 0. The predicted octanol–water partition coefficient (Wildman–Crippen LogP) is 1.31. The van der Waals surface area contributed by atoms with E-state index in [2.05, 4.69) is 15.2 Å². The number of carbonyl (C=O) groups is 1. The van der Waals surface area contributed by atoms with Crippen molar-refractivity contribution < 1.29 is 9.53 Å². The Hall–Kier alpha value is -1.86. The fourth-order valence-electron chi connectivity index (χ4n) is 2.54. The van der Waals surface area contributed by atoms with Crippen molar-refractivity contribution in [2.45, 2.75) is 32.9 Å². The molecular formula is C17H29N5O2. The smallest absolute Gasteiger partial charge is 0.410 e. The molecule has 1 aromatic rings. The Labute approximate surface area is 144 Å². The monoisotopic (exact) mass is 335 g/mol. The Kier molecular flexibility index (Phi) is 6.39. The van der Waals surface area contributed by atoms with Crippen LogP contribution < -0.4 is 11.1 Å². The highest BCUT2D eigenvalue weighted by Gasteiger charge is 2.25. The van der Waals surface area contributed by atoms with Gasteiger partial charge in [-0.25, -0.2) is 4.79 Å². The number of pyridine rings is 1. The lowest BCUT2D eigenvalue weighted by Gasteiger charge is -2.35. The maximum atomic E-state index is 12.0. The number of anilines is 1. The third-order valence-electron chi connectivity index (χ3n) is 3.89. The van der Waals surface area contributed by atoms with E-state index in [1.165, 1.54) is 0 Å². The first-order chi connectivity index (χ1) is 11.3. The second kappa shape index (κ2) is 8.30. The number of aromatic nitrogens is 1. The molecule has 7 nitrogen and oxygen atoms in total. The van der Waals surface area contributed by atoms with E-state index in [0.717, 1.165) is 44.0 Å². The SMILES string of the molecule is CC(C)(C)OC(=O)N1CCN(CCNCc2ccncc2N)CC1. The van der Waals surface area contributed by atoms with Crippen LogP contribution in [0.5, 0.6) is 0 Å². The third-order valence-corrected chi connectivity index (χ3v) is 3.89. The van der Waals surface area contributed by atoms with Crippen molar-refractivity contribution >= 4 is 11.8 Å². The molecule has 0 atom stereocenters. The zero-order chi connectivity index (χ0) is 17.6. The van der Waals surface area contributed by atoms with E-state index in [1.807, 2.05) is 26.8 Å². The molecule has 1 aliphatic heterocycles. The fourth-order valence-corrected chi connectivity index (χ4v) is 2.54. The zero-order valence-corrected chi connectivity index (χ0v) is 14.9. The van der Waals surface area contributed by atoms with Gasteiger partial charge >= 0.3 is 6.09 Å². The highest BCUT2D eigenvalue weighted by atomic mass is 16.6. The minimum atomic E-state index is -0.438. The van der Waals surface area contributed by atoms with Crippen molar-refractivity contribution in [3.05, 3.63) is 24.0 Å². The molecule has 134 valence electrons. The van der Waals surface area contributed by atoms with Crippen LogP contribution in [-0.4, -0.2) is 65.7 Å². The summed E-state index contributed by atoms with van der Waals surface area (Å²) in [6.45, 7) is 11.4. The molecule has 0 saturated carbocycles. The first-order valence-corrected chi connectivity index (χ1v) is 8.44. The van der Waals surface area contributed by atoms with E-state index in [9.17, 15) is 4.79 Å². The van der Waals surface area contributed by atoms with Gasteiger partial charge in [0, 0.05) is 52.0 Å². The maximum absolute atomic E-state index is 12.0. The van der Waals surface area contributed by atoms with E-state index in [-0.39, 0.29) is 6.09 Å². The van der Waals surface area contributed by atoms with E-state index in [0.29, 0.717) is 13.1 Å². The van der Waals surface area contributed by atoms with Crippen LogP contribution >= 0.6 is 0 Å². The van der Waals surface area contributed by atoms with Gasteiger partial charge in [0.05, 0.1) is 11.9 Å². The van der Waals surface area contributed by atoms with Crippen LogP contribution in [0.2, 0.25) is 0 Å². The number of piperazine rings is 1. The van der Waals surface area contributed by atoms with Gasteiger partial charge in [-0.1, -0.05) is 0 Å². The molecule has 0 spiro atoms.